The molecule has 0 spiro atoms. The fourth-order valence-corrected chi connectivity index (χ4v) is 1.89. The minimum atomic E-state index is -0.905. The third-order valence-corrected chi connectivity index (χ3v) is 2.80. The molecule has 90 valence electrons. The largest absolute Gasteiger partial charge is 0.339 e. The minimum Gasteiger partial charge on any atom is -0.339 e. The number of piperazine rings is 1. The van der Waals surface area contributed by atoms with Crippen LogP contribution in [0.3, 0.4) is 0 Å². The fraction of sp³-hybridized carbons (Fsp3) is 0.333. The van der Waals surface area contributed by atoms with Gasteiger partial charge in [0, 0.05) is 12.1 Å². The molecular weight excluding hydrogens is 223 g/mol. The van der Waals surface area contributed by atoms with E-state index in [0.717, 1.165) is 0 Å². The van der Waals surface area contributed by atoms with Gasteiger partial charge in [0.05, 0.1) is 6.54 Å². The number of halogens is 1. The summed E-state index contributed by atoms with van der Waals surface area (Å²) in [5.74, 6) is -1.01. The molecule has 2 amide bonds. The Balaban J connectivity index is 2.34. The van der Waals surface area contributed by atoms with Gasteiger partial charge in [-0.1, -0.05) is 18.2 Å². The summed E-state index contributed by atoms with van der Waals surface area (Å²) in [5, 5.41) is 2.52. The summed E-state index contributed by atoms with van der Waals surface area (Å²) in [5.41, 5.74) is 0.212. The van der Waals surface area contributed by atoms with E-state index in [2.05, 4.69) is 5.32 Å². The van der Waals surface area contributed by atoms with Gasteiger partial charge in [-0.3, -0.25) is 9.59 Å². The van der Waals surface area contributed by atoms with Gasteiger partial charge < -0.3 is 10.2 Å². The number of hydrogen-bond donors (Lipinski definition) is 1. The molecule has 1 aliphatic rings. The fourth-order valence-electron chi connectivity index (χ4n) is 1.89. The van der Waals surface area contributed by atoms with Crippen LogP contribution in [0.2, 0.25) is 0 Å². The zero-order valence-corrected chi connectivity index (χ0v) is 9.44. The zero-order chi connectivity index (χ0) is 12.4. The molecule has 0 unspecified atom stereocenters. The van der Waals surface area contributed by atoms with Gasteiger partial charge in [0.1, 0.15) is 11.9 Å². The van der Waals surface area contributed by atoms with Crippen molar-refractivity contribution >= 4 is 11.8 Å². The van der Waals surface area contributed by atoms with E-state index in [-0.39, 0.29) is 23.9 Å². The number of nitrogens with zero attached hydrogens (tertiary/aromatic N) is 1. The Morgan fingerprint density at radius 1 is 1.41 bits per heavy atom. The predicted molar refractivity (Wildman–Crippen MR) is 59.5 cm³/mol. The van der Waals surface area contributed by atoms with Crippen LogP contribution >= 0.6 is 0 Å². The molecule has 1 heterocycles. The average molecular weight is 236 g/mol. The molecule has 0 aliphatic carbocycles. The van der Waals surface area contributed by atoms with Crippen LogP contribution in [0.25, 0.3) is 0 Å². The van der Waals surface area contributed by atoms with Crippen molar-refractivity contribution in [3.8, 4) is 0 Å². The molecule has 0 saturated carbocycles. The standard InChI is InChI=1S/C12H13FN2O2/c1-2-15-7-10(16)14-11(12(15)17)8-5-3-4-6-9(8)13/h3-6,11H,2,7H2,1H3,(H,14,16)/t11-/m0/s1. The van der Waals surface area contributed by atoms with Gasteiger partial charge in [-0.25, -0.2) is 4.39 Å². The lowest BCUT2D eigenvalue weighted by Crippen LogP contribution is -2.53. The molecule has 5 heteroatoms. The molecule has 17 heavy (non-hydrogen) atoms. The number of carbonyl (C=O) groups excluding carboxylic acids is 2. The minimum absolute atomic E-state index is 0.0420. The molecule has 0 bridgehead atoms. The number of rotatable bonds is 2. The maximum Gasteiger partial charge on any atom is 0.250 e. The lowest BCUT2D eigenvalue weighted by Gasteiger charge is -2.32. The number of hydrogen-bond acceptors (Lipinski definition) is 2. The third-order valence-electron chi connectivity index (χ3n) is 2.80. The molecule has 1 aliphatic heterocycles. The van der Waals surface area contributed by atoms with Crippen LogP contribution in [-0.2, 0) is 9.59 Å². The molecule has 2 rings (SSSR count). The van der Waals surface area contributed by atoms with Gasteiger partial charge in [-0.2, -0.15) is 0 Å². The first-order chi connectivity index (χ1) is 8.13. The summed E-state index contributed by atoms with van der Waals surface area (Å²) in [7, 11) is 0. The van der Waals surface area contributed by atoms with E-state index < -0.39 is 11.9 Å². The van der Waals surface area contributed by atoms with Gasteiger partial charge >= 0.3 is 0 Å². The van der Waals surface area contributed by atoms with Crippen molar-refractivity contribution in [2.45, 2.75) is 13.0 Å². The van der Waals surface area contributed by atoms with Crippen LogP contribution in [0.15, 0.2) is 24.3 Å². The highest BCUT2D eigenvalue weighted by Crippen LogP contribution is 2.21. The highest BCUT2D eigenvalue weighted by molar-refractivity contribution is 5.95. The first-order valence-electron chi connectivity index (χ1n) is 5.46. The number of likely N-dealkylation sites (N-methyl/N-ethyl adjacent to an activating group) is 1. The molecule has 0 radical (unpaired) electrons. The van der Waals surface area contributed by atoms with Crippen molar-refractivity contribution in [3.05, 3.63) is 35.6 Å². The molecule has 1 saturated heterocycles. The molecule has 1 aromatic carbocycles. The van der Waals surface area contributed by atoms with Crippen LogP contribution < -0.4 is 5.32 Å². The lowest BCUT2D eigenvalue weighted by atomic mass is 10.0. The monoisotopic (exact) mass is 236 g/mol. The van der Waals surface area contributed by atoms with Crippen molar-refractivity contribution in [2.75, 3.05) is 13.1 Å². The topological polar surface area (TPSA) is 49.4 Å². The van der Waals surface area contributed by atoms with E-state index in [9.17, 15) is 14.0 Å². The van der Waals surface area contributed by atoms with E-state index in [1.54, 1.807) is 19.1 Å². The molecule has 1 atom stereocenters. The van der Waals surface area contributed by atoms with E-state index in [0.29, 0.717) is 6.54 Å². The van der Waals surface area contributed by atoms with Gasteiger partial charge in [0.2, 0.25) is 11.8 Å². The molecule has 1 fully saturated rings. The highest BCUT2D eigenvalue weighted by Gasteiger charge is 2.34. The predicted octanol–water partition coefficient (Wildman–Crippen LogP) is 0.845. The second-order valence-electron chi connectivity index (χ2n) is 3.87. The SMILES string of the molecule is CCN1CC(=O)N[C@@H](c2ccccc2F)C1=O. The van der Waals surface area contributed by atoms with Crippen LogP contribution in [0, 0.1) is 5.82 Å². The Hall–Kier alpha value is -1.91. The molecule has 4 nitrogen and oxygen atoms in total. The van der Waals surface area contributed by atoms with E-state index in [1.807, 2.05) is 0 Å². The number of nitrogens with one attached hydrogen (secondary N) is 1. The maximum absolute atomic E-state index is 13.6. The van der Waals surface area contributed by atoms with Crippen molar-refractivity contribution in [2.24, 2.45) is 0 Å². The molecule has 1 aromatic rings. The first kappa shape index (κ1) is 11.6. The average Bonchev–Trinajstić information content (AvgIpc) is 2.32. The quantitative estimate of drug-likeness (QED) is 0.827. The normalized spacial score (nSPS) is 20.4. The van der Waals surface area contributed by atoms with Gasteiger partial charge in [-0.05, 0) is 13.0 Å². The van der Waals surface area contributed by atoms with E-state index in [1.165, 1.54) is 17.0 Å². The van der Waals surface area contributed by atoms with Crippen molar-refractivity contribution < 1.29 is 14.0 Å². The highest BCUT2D eigenvalue weighted by atomic mass is 19.1. The Labute approximate surface area is 98.4 Å². The van der Waals surface area contributed by atoms with Gasteiger partial charge in [0.15, 0.2) is 0 Å². The van der Waals surface area contributed by atoms with E-state index >= 15 is 0 Å². The molecule has 0 aromatic heterocycles. The van der Waals surface area contributed by atoms with Crippen LogP contribution in [0.1, 0.15) is 18.5 Å². The van der Waals surface area contributed by atoms with E-state index in [4.69, 9.17) is 0 Å². The number of benzene rings is 1. The Morgan fingerprint density at radius 3 is 2.76 bits per heavy atom. The third kappa shape index (κ3) is 2.13. The summed E-state index contributed by atoms with van der Waals surface area (Å²) in [4.78, 5) is 24.9. The Kier molecular flexibility index (Phi) is 3.08. The summed E-state index contributed by atoms with van der Waals surface area (Å²) >= 11 is 0. The summed E-state index contributed by atoms with van der Waals surface area (Å²) in [6.07, 6.45) is 0. The lowest BCUT2D eigenvalue weighted by molar-refractivity contribution is -0.144. The van der Waals surface area contributed by atoms with Crippen LogP contribution in [0.5, 0.6) is 0 Å². The second-order valence-corrected chi connectivity index (χ2v) is 3.87. The van der Waals surface area contributed by atoms with Crippen LogP contribution in [0.4, 0.5) is 4.39 Å². The van der Waals surface area contributed by atoms with Crippen molar-refractivity contribution in [1.82, 2.24) is 10.2 Å². The van der Waals surface area contributed by atoms with Crippen molar-refractivity contribution in [1.29, 1.82) is 0 Å². The Bertz CT molecular complexity index is 462. The molecular formula is C12H13FN2O2. The summed E-state index contributed by atoms with van der Waals surface area (Å²) in [6, 6.07) is 5.07. The molecule has 1 N–H and O–H groups in total. The maximum atomic E-state index is 13.6. The smallest absolute Gasteiger partial charge is 0.250 e. The summed E-state index contributed by atoms with van der Waals surface area (Å²) < 4.78 is 13.6. The second kappa shape index (κ2) is 4.53. The van der Waals surface area contributed by atoms with Gasteiger partial charge in [0.25, 0.3) is 0 Å². The van der Waals surface area contributed by atoms with Gasteiger partial charge in [-0.15, -0.1) is 0 Å². The van der Waals surface area contributed by atoms with Crippen molar-refractivity contribution in [3.63, 3.8) is 0 Å². The number of carbonyl (C=O) groups is 2. The Morgan fingerprint density at radius 2 is 2.12 bits per heavy atom. The first-order valence-corrected chi connectivity index (χ1v) is 5.46. The summed E-state index contributed by atoms with van der Waals surface area (Å²) in [6.45, 7) is 2.27. The van der Waals surface area contributed by atoms with Crippen LogP contribution in [-0.4, -0.2) is 29.8 Å². The number of amides is 2. The zero-order valence-electron chi connectivity index (χ0n) is 9.44.